The first kappa shape index (κ1) is 16.2. The number of rotatable bonds is 3. The smallest absolute Gasteiger partial charge is 0.329 e. The number of benzene rings is 2. The van der Waals surface area contributed by atoms with Crippen molar-refractivity contribution in [3.05, 3.63) is 69.6 Å². The molecule has 1 heterocycles. The molecule has 0 aromatic heterocycles. The van der Waals surface area contributed by atoms with Gasteiger partial charge in [-0.15, -0.1) is 0 Å². The summed E-state index contributed by atoms with van der Waals surface area (Å²) in [5, 5.41) is 12.0. The number of urea groups is 1. The van der Waals surface area contributed by atoms with E-state index in [0.29, 0.717) is 10.0 Å². The van der Waals surface area contributed by atoms with E-state index < -0.39 is 17.8 Å². The first-order valence-electron chi connectivity index (χ1n) is 7.02. The number of imide groups is 1. The van der Waals surface area contributed by atoms with Crippen molar-refractivity contribution >= 4 is 33.9 Å². The van der Waals surface area contributed by atoms with Crippen molar-refractivity contribution in [3.8, 4) is 5.75 Å². The minimum Gasteiger partial charge on any atom is -0.507 e. The molecule has 1 aliphatic heterocycles. The van der Waals surface area contributed by atoms with Gasteiger partial charge in [0, 0.05) is 5.56 Å². The Kier molecular flexibility index (Phi) is 4.35. The molecule has 0 aliphatic carbocycles. The van der Waals surface area contributed by atoms with E-state index in [1.807, 2.05) is 0 Å². The fourth-order valence-corrected chi connectivity index (χ4v) is 2.69. The summed E-state index contributed by atoms with van der Waals surface area (Å²) in [7, 11) is 0. The summed E-state index contributed by atoms with van der Waals surface area (Å²) < 4.78 is 14.2. The Morgan fingerprint density at radius 1 is 1.21 bits per heavy atom. The van der Waals surface area contributed by atoms with Gasteiger partial charge in [0.1, 0.15) is 17.3 Å². The fraction of sp³-hybridized carbons (Fsp3) is 0.0588. The lowest BCUT2D eigenvalue weighted by Gasteiger charge is -2.12. The summed E-state index contributed by atoms with van der Waals surface area (Å²) in [6.45, 7) is -0.145. The second kappa shape index (κ2) is 6.45. The Bertz CT molecular complexity index is 867. The van der Waals surface area contributed by atoms with E-state index >= 15 is 0 Å². The standard InChI is InChI=1S/C17H12BrFN2O3/c18-12-7-10(5-6-15(12)22)8-14-16(23)21(17(24)20-14)9-11-3-1-2-4-13(11)19/h1-8,22H,9H2,(H,20,24)/b14-8+. The lowest BCUT2D eigenvalue weighted by atomic mass is 10.1. The summed E-state index contributed by atoms with van der Waals surface area (Å²) >= 11 is 3.18. The first-order chi connectivity index (χ1) is 11.5. The number of hydrogen-bond donors (Lipinski definition) is 2. The molecule has 5 nitrogen and oxygen atoms in total. The fourth-order valence-electron chi connectivity index (χ4n) is 2.29. The van der Waals surface area contributed by atoms with Crippen LogP contribution in [0.3, 0.4) is 0 Å². The summed E-state index contributed by atoms with van der Waals surface area (Å²) in [5.41, 5.74) is 0.972. The minimum atomic E-state index is -0.604. The lowest BCUT2D eigenvalue weighted by Crippen LogP contribution is -2.30. The number of carbonyl (C=O) groups excluding carboxylic acids is 2. The summed E-state index contributed by atoms with van der Waals surface area (Å²) in [6, 6.07) is 10.1. The Morgan fingerprint density at radius 2 is 1.96 bits per heavy atom. The van der Waals surface area contributed by atoms with Gasteiger partial charge in [0.15, 0.2) is 0 Å². The van der Waals surface area contributed by atoms with Crippen LogP contribution in [0.15, 0.2) is 52.6 Å². The van der Waals surface area contributed by atoms with Crippen LogP contribution in [0.4, 0.5) is 9.18 Å². The van der Waals surface area contributed by atoms with Crippen molar-refractivity contribution < 1.29 is 19.1 Å². The van der Waals surface area contributed by atoms with Gasteiger partial charge in [-0.2, -0.15) is 0 Å². The molecule has 122 valence electrons. The number of halogens is 2. The highest BCUT2D eigenvalue weighted by atomic mass is 79.9. The zero-order valence-corrected chi connectivity index (χ0v) is 13.9. The maximum atomic E-state index is 13.7. The summed E-state index contributed by atoms with van der Waals surface area (Å²) in [5.74, 6) is -0.939. The topological polar surface area (TPSA) is 69.6 Å². The van der Waals surface area contributed by atoms with Crippen molar-refractivity contribution in [2.24, 2.45) is 0 Å². The third-order valence-corrected chi connectivity index (χ3v) is 4.17. The molecule has 2 N–H and O–H groups in total. The molecule has 2 aromatic carbocycles. The minimum absolute atomic E-state index is 0.0695. The zero-order valence-electron chi connectivity index (χ0n) is 12.3. The molecule has 0 spiro atoms. The highest BCUT2D eigenvalue weighted by Crippen LogP contribution is 2.26. The maximum Gasteiger partial charge on any atom is 0.329 e. The predicted octanol–water partition coefficient (Wildman–Crippen LogP) is 3.39. The molecule has 7 heteroatoms. The second-order valence-electron chi connectivity index (χ2n) is 5.18. The van der Waals surface area contributed by atoms with Crippen molar-refractivity contribution in [3.63, 3.8) is 0 Å². The van der Waals surface area contributed by atoms with Crippen molar-refractivity contribution in [2.45, 2.75) is 6.54 Å². The largest absolute Gasteiger partial charge is 0.507 e. The lowest BCUT2D eigenvalue weighted by molar-refractivity contribution is -0.123. The van der Waals surface area contributed by atoms with Crippen LogP contribution in [-0.4, -0.2) is 21.9 Å². The molecule has 1 saturated heterocycles. The van der Waals surface area contributed by atoms with E-state index in [1.165, 1.54) is 24.3 Å². The molecule has 0 radical (unpaired) electrons. The average molecular weight is 391 g/mol. The van der Waals surface area contributed by atoms with Crippen LogP contribution in [0, 0.1) is 5.82 Å². The van der Waals surface area contributed by atoms with Gasteiger partial charge in [0.05, 0.1) is 11.0 Å². The molecule has 0 atom stereocenters. The van der Waals surface area contributed by atoms with E-state index in [-0.39, 0.29) is 23.6 Å². The SMILES string of the molecule is O=C1N/C(=C/c2ccc(O)c(Br)c2)C(=O)N1Cc1ccccc1F. The second-order valence-corrected chi connectivity index (χ2v) is 6.04. The molecule has 1 fully saturated rings. The predicted molar refractivity (Wildman–Crippen MR) is 89.3 cm³/mol. The van der Waals surface area contributed by atoms with Gasteiger partial charge in [0.25, 0.3) is 5.91 Å². The van der Waals surface area contributed by atoms with Crippen LogP contribution in [-0.2, 0) is 11.3 Å². The highest BCUT2D eigenvalue weighted by molar-refractivity contribution is 9.10. The van der Waals surface area contributed by atoms with Crippen molar-refractivity contribution in [2.75, 3.05) is 0 Å². The number of phenolic OH excluding ortho intramolecular Hbond substituents is 1. The molecule has 0 unspecified atom stereocenters. The normalized spacial score (nSPS) is 15.9. The zero-order chi connectivity index (χ0) is 17.3. The monoisotopic (exact) mass is 390 g/mol. The molecular weight excluding hydrogens is 379 g/mol. The van der Waals surface area contributed by atoms with Gasteiger partial charge in [0.2, 0.25) is 0 Å². The summed E-state index contributed by atoms with van der Waals surface area (Å²) in [4.78, 5) is 25.3. The van der Waals surface area contributed by atoms with Crippen LogP contribution in [0.2, 0.25) is 0 Å². The van der Waals surface area contributed by atoms with Gasteiger partial charge in [-0.3, -0.25) is 9.69 Å². The van der Waals surface area contributed by atoms with Gasteiger partial charge >= 0.3 is 6.03 Å². The Morgan fingerprint density at radius 3 is 2.67 bits per heavy atom. The Balaban J connectivity index is 1.84. The number of nitrogens with one attached hydrogen (secondary N) is 1. The van der Waals surface area contributed by atoms with E-state index in [1.54, 1.807) is 24.3 Å². The van der Waals surface area contributed by atoms with E-state index in [2.05, 4.69) is 21.2 Å². The van der Waals surface area contributed by atoms with E-state index in [4.69, 9.17) is 0 Å². The maximum absolute atomic E-state index is 13.7. The van der Waals surface area contributed by atoms with E-state index in [0.717, 1.165) is 4.90 Å². The van der Waals surface area contributed by atoms with Gasteiger partial charge in [-0.05, 0) is 45.8 Å². The van der Waals surface area contributed by atoms with Gasteiger partial charge < -0.3 is 10.4 Å². The van der Waals surface area contributed by atoms with Crippen LogP contribution < -0.4 is 5.32 Å². The third kappa shape index (κ3) is 3.16. The van der Waals surface area contributed by atoms with Crippen LogP contribution in [0.5, 0.6) is 5.75 Å². The number of amides is 3. The molecular formula is C17H12BrFN2O3. The molecule has 2 aromatic rings. The molecule has 1 aliphatic rings. The number of phenols is 1. The van der Waals surface area contributed by atoms with Crippen molar-refractivity contribution in [1.29, 1.82) is 0 Å². The van der Waals surface area contributed by atoms with Crippen molar-refractivity contribution in [1.82, 2.24) is 10.2 Å². The van der Waals surface area contributed by atoms with Crippen LogP contribution >= 0.6 is 15.9 Å². The third-order valence-electron chi connectivity index (χ3n) is 3.53. The average Bonchev–Trinajstić information content (AvgIpc) is 2.80. The number of aromatic hydroxyl groups is 1. The molecule has 0 saturated carbocycles. The quantitative estimate of drug-likeness (QED) is 0.623. The van der Waals surface area contributed by atoms with E-state index in [9.17, 15) is 19.1 Å². The van der Waals surface area contributed by atoms with Crippen LogP contribution in [0.25, 0.3) is 6.08 Å². The molecule has 3 rings (SSSR count). The summed E-state index contributed by atoms with van der Waals surface area (Å²) in [6.07, 6.45) is 1.49. The Hall–Kier alpha value is -2.67. The molecule has 24 heavy (non-hydrogen) atoms. The molecule has 3 amide bonds. The number of carbonyl (C=O) groups is 2. The van der Waals surface area contributed by atoms with Crippen LogP contribution in [0.1, 0.15) is 11.1 Å². The first-order valence-corrected chi connectivity index (χ1v) is 7.81. The highest BCUT2D eigenvalue weighted by Gasteiger charge is 2.33. The number of hydrogen-bond acceptors (Lipinski definition) is 3. The van der Waals surface area contributed by atoms with Gasteiger partial charge in [-0.25, -0.2) is 9.18 Å². The Labute approximate surface area is 145 Å². The van der Waals surface area contributed by atoms with Gasteiger partial charge in [-0.1, -0.05) is 24.3 Å². The molecule has 0 bridgehead atoms. The number of nitrogens with zero attached hydrogens (tertiary/aromatic N) is 1.